The van der Waals surface area contributed by atoms with Crippen LogP contribution in [0.4, 0.5) is 0 Å². The molecule has 0 aliphatic heterocycles. The number of aromatic amines is 2. The molecule has 0 saturated heterocycles. The summed E-state index contributed by atoms with van der Waals surface area (Å²) >= 11 is 0. The van der Waals surface area contributed by atoms with Crippen LogP contribution in [-0.2, 0) is 6.54 Å². The van der Waals surface area contributed by atoms with Crippen molar-refractivity contribution in [1.82, 2.24) is 20.3 Å². The smallest absolute Gasteiger partial charge is 0.323 e. The zero-order valence-corrected chi connectivity index (χ0v) is 13.8. The van der Waals surface area contributed by atoms with E-state index < -0.39 is 0 Å². The van der Waals surface area contributed by atoms with Gasteiger partial charge in [-0.2, -0.15) is 0 Å². The molecule has 1 amide bonds. The molecule has 0 saturated carbocycles. The number of rotatable bonds is 4. The van der Waals surface area contributed by atoms with Gasteiger partial charge in [0.05, 0.1) is 11.0 Å². The van der Waals surface area contributed by atoms with Crippen molar-refractivity contribution in [3.63, 3.8) is 0 Å². The first-order valence-electron chi connectivity index (χ1n) is 8.19. The van der Waals surface area contributed by atoms with E-state index in [1.807, 2.05) is 42.6 Å². The number of pyridine rings is 1. The van der Waals surface area contributed by atoms with Crippen LogP contribution in [0.2, 0.25) is 0 Å². The standard InChI is InChI=1S/C20H16N4O2/c25-19(15-7-8-17-18(10-15)24-20(26)23-17)22-11-13-3-5-14(6-4-13)16-2-1-9-21-12-16/h1-10,12H,11H2,(H,22,25)(H2,23,24,26). The molecule has 6 nitrogen and oxygen atoms in total. The Kier molecular flexibility index (Phi) is 4.07. The molecule has 6 heteroatoms. The first-order valence-corrected chi connectivity index (χ1v) is 8.19. The van der Waals surface area contributed by atoms with E-state index in [9.17, 15) is 9.59 Å². The molecular weight excluding hydrogens is 328 g/mol. The molecule has 0 aliphatic carbocycles. The summed E-state index contributed by atoms with van der Waals surface area (Å²) in [5, 5.41) is 2.89. The first kappa shape index (κ1) is 15.8. The Morgan fingerprint density at radius 3 is 2.54 bits per heavy atom. The van der Waals surface area contributed by atoms with E-state index in [2.05, 4.69) is 20.3 Å². The van der Waals surface area contributed by atoms with Gasteiger partial charge in [0.15, 0.2) is 0 Å². The summed E-state index contributed by atoms with van der Waals surface area (Å²) in [5.74, 6) is -0.190. The highest BCUT2D eigenvalue weighted by atomic mass is 16.2. The molecule has 26 heavy (non-hydrogen) atoms. The summed E-state index contributed by atoms with van der Waals surface area (Å²) in [6, 6.07) is 16.9. The van der Waals surface area contributed by atoms with E-state index in [1.54, 1.807) is 24.4 Å². The highest BCUT2D eigenvalue weighted by Crippen LogP contribution is 2.18. The molecule has 4 rings (SSSR count). The molecule has 0 atom stereocenters. The quantitative estimate of drug-likeness (QED) is 0.532. The van der Waals surface area contributed by atoms with E-state index in [-0.39, 0.29) is 11.6 Å². The van der Waals surface area contributed by atoms with E-state index in [0.717, 1.165) is 16.7 Å². The zero-order valence-electron chi connectivity index (χ0n) is 13.8. The fraction of sp³-hybridized carbons (Fsp3) is 0.0500. The third-order valence-electron chi connectivity index (χ3n) is 4.18. The topological polar surface area (TPSA) is 90.6 Å². The molecule has 128 valence electrons. The van der Waals surface area contributed by atoms with Crippen molar-refractivity contribution >= 4 is 16.9 Å². The fourth-order valence-corrected chi connectivity index (χ4v) is 2.81. The van der Waals surface area contributed by atoms with Crippen LogP contribution in [0.5, 0.6) is 0 Å². The predicted octanol–water partition coefficient (Wildman–Crippen LogP) is 2.85. The van der Waals surface area contributed by atoms with Gasteiger partial charge < -0.3 is 15.3 Å². The number of aromatic nitrogens is 3. The Bertz CT molecular complexity index is 1110. The summed E-state index contributed by atoms with van der Waals surface area (Å²) < 4.78 is 0. The summed E-state index contributed by atoms with van der Waals surface area (Å²) in [6.45, 7) is 0.424. The highest BCUT2D eigenvalue weighted by Gasteiger charge is 2.08. The number of fused-ring (bicyclic) bond motifs is 1. The minimum Gasteiger partial charge on any atom is -0.348 e. The number of amides is 1. The van der Waals surface area contributed by atoms with Crippen LogP contribution in [-0.4, -0.2) is 20.9 Å². The molecule has 3 N–H and O–H groups in total. The van der Waals surface area contributed by atoms with E-state index in [4.69, 9.17) is 0 Å². The maximum absolute atomic E-state index is 12.3. The average Bonchev–Trinajstić information content (AvgIpc) is 3.06. The number of benzene rings is 2. The van der Waals surface area contributed by atoms with Gasteiger partial charge in [0.1, 0.15) is 0 Å². The van der Waals surface area contributed by atoms with Crippen LogP contribution in [0.25, 0.3) is 22.2 Å². The van der Waals surface area contributed by atoms with Gasteiger partial charge in [-0.3, -0.25) is 9.78 Å². The molecule has 2 heterocycles. The van der Waals surface area contributed by atoms with Crippen LogP contribution >= 0.6 is 0 Å². The molecular formula is C20H16N4O2. The summed E-state index contributed by atoms with van der Waals surface area (Å²) in [7, 11) is 0. The SMILES string of the molecule is O=C(NCc1ccc(-c2cccnc2)cc1)c1ccc2[nH]c(=O)[nH]c2c1. The monoisotopic (exact) mass is 344 g/mol. The van der Waals surface area contributed by atoms with Crippen molar-refractivity contribution in [2.24, 2.45) is 0 Å². The van der Waals surface area contributed by atoms with Gasteiger partial charge >= 0.3 is 5.69 Å². The molecule has 0 unspecified atom stereocenters. The first-order chi connectivity index (χ1) is 12.7. The Balaban J connectivity index is 1.44. The second-order valence-corrected chi connectivity index (χ2v) is 5.96. The van der Waals surface area contributed by atoms with E-state index >= 15 is 0 Å². The van der Waals surface area contributed by atoms with Gasteiger partial charge in [0, 0.05) is 24.5 Å². The number of nitrogens with one attached hydrogen (secondary N) is 3. The van der Waals surface area contributed by atoms with Gasteiger partial charge in [0.2, 0.25) is 0 Å². The lowest BCUT2D eigenvalue weighted by Crippen LogP contribution is -2.22. The Morgan fingerprint density at radius 1 is 0.962 bits per heavy atom. The van der Waals surface area contributed by atoms with Crippen LogP contribution in [0, 0.1) is 0 Å². The van der Waals surface area contributed by atoms with Gasteiger partial charge in [-0.25, -0.2) is 4.79 Å². The van der Waals surface area contributed by atoms with Crippen molar-refractivity contribution in [1.29, 1.82) is 0 Å². The van der Waals surface area contributed by atoms with Gasteiger partial charge in [0.25, 0.3) is 5.91 Å². The molecule has 2 aromatic carbocycles. The van der Waals surface area contributed by atoms with Crippen molar-refractivity contribution < 1.29 is 4.79 Å². The van der Waals surface area contributed by atoms with Crippen molar-refractivity contribution in [3.05, 3.63) is 88.6 Å². The predicted molar refractivity (Wildman–Crippen MR) is 99.8 cm³/mol. The summed E-state index contributed by atoms with van der Waals surface area (Å²) in [6.07, 6.45) is 3.56. The molecule has 2 aromatic heterocycles. The third kappa shape index (κ3) is 3.25. The largest absolute Gasteiger partial charge is 0.348 e. The Labute approximate surface area is 148 Å². The molecule has 0 bridgehead atoms. The lowest BCUT2D eigenvalue weighted by atomic mass is 10.1. The van der Waals surface area contributed by atoms with Crippen LogP contribution in [0.3, 0.4) is 0 Å². The number of carbonyl (C=O) groups is 1. The van der Waals surface area contributed by atoms with Gasteiger partial charge in [-0.05, 0) is 41.0 Å². The summed E-state index contributed by atoms with van der Waals surface area (Å²) in [4.78, 5) is 33.1. The van der Waals surface area contributed by atoms with Gasteiger partial charge in [-0.15, -0.1) is 0 Å². The second kappa shape index (κ2) is 6.68. The fourth-order valence-electron chi connectivity index (χ4n) is 2.81. The Hall–Kier alpha value is -3.67. The minimum absolute atomic E-state index is 0.190. The molecule has 0 radical (unpaired) electrons. The number of imidazole rings is 1. The van der Waals surface area contributed by atoms with Crippen molar-refractivity contribution in [2.75, 3.05) is 0 Å². The summed E-state index contributed by atoms with van der Waals surface area (Å²) in [5.41, 5.74) is 4.64. The molecule has 0 aliphatic rings. The number of H-pyrrole nitrogens is 2. The van der Waals surface area contributed by atoms with Crippen molar-refractivity contribution in [2.45, 2.75) is 6.54 Å². The lowest BCUT2D eigenvalue weighted by Gasteiger charge is -2.07. The Morgan fingerprint density at radius 2 is 1.77 bits per heavy atom. The molecule has 0 spiro atoms. The minimum atomic E-state index is -0.286. The molecule has 4 aromatic rings. The maximum Gasteiger partial charge on any atom is 0.323 e. The number of hydrogen-bond donors (Lipinski definition) is 3. The van der Waals surface area contributed by atoms with E-state index in [1.165, 1.54) is 0 Å². The normalized spacial score (nSPS) is 10.8. The van der Waals surface area contributed by atoms with Crippen LogP contribution < -0.4 is 11.0 Å². The molecule has 0 fully saturated rings. The van der Waals surface area contributed by atoms with Crippen molar-refractivity contribution in [3.8, 4) is 11.1 Å². The zero-order chi connectivity index (χ0) is 17.9. The van der Waals surface area contributed by atoms with E-state index in [0.29, 0.717) is 23.1 Å². The lowest BCUT2D eigenvalue weighted by molar-refractivity contribution is 0.0951. The van der Waals surface area contributed by atoms with Crippen LogP contribution in [0.1, 0.15) is 15.9 Å². The van der Waals surface area contributed by atoms with Gasteiger partial charge in [-0.1, -0.05) is 30.3 Å². The second-order valence-electron chi connectivity index (χ2n) is 5.96. The number of hydrogen-bond acceptors (Lipinski definition) is 3. The highest BCUT2D eigenvalue weighted by molar-refractivity contribution is 5.97. The number of nitrogens with zero attached hydrogens (tertiary/aromatic N) is 1. The average molecular weight is 344 g/mol. The number of carbonyl (C=O) groups excluding carboxylic acids is 1. The third-order valence-corrected chi connectivity index (χ3v) is 4.18. The maximum atomic E-state index is 12.3. The van der Waals surface area contributed by atoms with Crippen LogP contribution in [0.15, 0.2) is 71.8 Å².